The summed E-state index contributed by atoms with van der Waals surface area (Å²) < 4.78 is 11.0. The summed E-state index contributed by atoms with van der Waals surface area (Å²) in [5.41, 5.74) is -1.49. The van der Waals surface area contributed by atoms with Crippen LogP contribution in [0.2, 0.25) is 0 Å². The lowest BCUT2D eigenvalue weighted by atomic mass is 9.82. The summed E-state index contributed by atoms with van der Waals surface area (Å²) in [6.45, 7) is 6.23. The van der Waals surface area contributed by atoms with Crippen molar-refractivity contribution in [2.75, 3.05) is 6.61 Å². The normalized spacial score (nSPS) is 11.2. The van der Waals surface area contributed by atoms with Gasteiger partial charge in [-0.2, -0.15) is 0 Å². The highest BCUT2D eigenvalue weighted by molar-refractivity contribution is 5.99. The summed E-state index contributed by atoms with van der Waals surface area (Å²) in [4.78, 5) is 23.8. The molecule has 0 heterocycles. The standard InChI is InChI=1S/C21H32O5/c1-4-7-8-9-10-11-16-25-17-12-14-18(15-13-17)26-20(24)21(5-2,6-3)19(22)23/h12-15H,4-11,16H2,1-3H3,(H,22,23). The van der Waals surface area contributed by atoms with Crippen LogP contribution in [0.4, 0.5) is 0 Å². The molecule has 0 bridgehead atoms. The van der Waals surface area contributed by atoms with Gasteiger partial charge in [0.25, 0.3) is 0 Å². The molecule has 0 atom stereocenters. The van der Waals surface area contributed by atoms with Crippen molar-refractivity contribution >= 4 is 11.9 Å². The summed E-state index contributed by atoms with van der Waals surface area (Å²) in [6, 6.07) is 6.74. The topological polar surface area (TPSA) is 72.8 Å². The molecule has 0 unspecified atom stereocenters. The Kier molecular flexibility index (Phi) is 9.78. The van der Waals surface area contributed by atoms with E-state index in [1.165, 1.54) is 32.1 Å². The van der Waals surface area contributed by atoms with Crippen molar-refractivity contribution in [2.45, 2.75) is 72.1 Å². The predicted octanol–water partition coefficient (Wildman–Crippen LogP) is 5.22. The van der Waals surface area contributed by atoms with Gasteiger partial charge in [-0.15, -0.1) is 0 Å². The van der Waals surface area contributed by atoms with Crippen LogP contribution >= 0.6 is 0 Å². The molecule has 0 amide bonds. The van der Waals surface area contributed by atoms with Crippen molar-refractivity contribution in [3.63, 3.8) is 0 Å². The quantitative estimate of drug-likeness (QED) is 0.225. The number of hydrogen-bond acceptors (Lipinski definition) is 4. The Hall–Kier alpha value is -2.04. The number of rotatable bonds is 13. The first-order chi connectivity index (χ1) is 12.5. The minimum absolute atomic E-state index is 0.192. The van der Waals surface area contributed by atoms with Gasteiger partial charge in [-0.05, 0) is 43.5 Å². The van der Waals surface area contributed by atoms with Crippen molar-refractivity contribution in [1.29, 1.82) is 0 Å². The van der Waals surface area contributed by atoms with Crippen LogP contribution in [-0.2, 0) is 9.59 Å². The molecule has 0 saturated heterocycles. The van der Waals surface area contributed by atoms with Gasteiger partial charge in [-0.3, -0.25) is 9.59 Å². The molecule has 0 radical (unpaired) electrons. The third-order valence-corrected chi connectivity index (χ3v) is 4.81. The summed E-state index contributed by atoms with van der Waals surface area (Å²) in [7, 11) is 0. The van der Waals surface area contributed by atoms with Gasteiger partial charge >= 0.3 is 11.9 Å². The van der Waals surface area contributed by atoms with E-state index in [0.29, 0.717) is 18.1 Å². The van der Waals surface area contributed by atoms with Crippen LogP contribution in [0.15, 0.2) is 24.3 Å². The molecule has 0 fully saturated rings. The number of carbonyl (C=O) groups is 2. The van der Waals surface area contributed by atoms with Gasteiger partial charge in [0.15, 0.2) is 5.41 Å². The number of benzene rings is 1. The van der Waals surface area contributed by atoms with Gasteiger partial charge < -0.3 is 14.6 Å². The number of carboxylic acid groups (broad SMARTS) is 1. The summed E-state index contributed by atoms with van der Waals surface area (Å²) >= 11 is 0. The molecule has 26 heavy (non-hydrogen) atoms. The van der Waals surface area contributed by atoms with E-state index in [1.807, 2.05) is 0 Å². The second-order valence-electron chi connectivity index (χ2n) is 6.57. The van der Waals surface area contributed by atoms with Gasteiger partial charge in [0.1, 0.15) is 11.5 Å². The van der Waals surface area contributed by atoms with Gasteiger partial charge in [0.05, 0.1) is 6.61 Å². The molecule has 1 aromatic carbocycles. The number of hydrogen-bond donors (Lipinski definition) is 1. The maximum atomic E-state index is 12.3. The lowest BCUT2D eigenvalue weighted by Crippen LogP contribution is -2.41. The zero-order valence-corrected chi connectivity index (χ0v) is 16.3. The highest BCUT2D eigenvalue weighted by atomic mass is 16.5. The third-order valence-electron chi connectivity index (χ3n) is 4.81. The Morgan fingerprint density at radius 1 is 0.885 bits per heavy atom. The van der Waals surface area contributed by atoms with Crippen LogP contribution in [0, 0.1) is 5.41 Å². The fourth-order valence-electron chi connectivity index (χ4n) is 2.81. The molecule has 1 aromatic rings. The second kappa shape index (κ2) is 11.6. The van der Waals surface area contributed by atoms with Crippen LogP contribution in [0.5, 0.6) is 11.5 Å². The first-order valence-corrected chi connectivity index (χ1v) is 9.68. The molecule has 146 valence electrons. The molecule has 5 heteroatoms. The Morgan fingerprint density at radius 2 is 1.42 bits per heavy atom. The van der Waals surface area contributed by atoms with E-state index >= 15 is 0 Å². The second-order valence-corrected chi connectivity index (χ2v) is 6.57. The molecule has 1 N–H and O–H groups in total. The number of unbranched alkanes of at least 4 members (excludes halogenated alkanes) is 5. The van der Waals surface area contributed by atoms with E-state index in [4.69, 9.17) is 9.47 Å². The molecule has 0 aliphatic heterocycles. The first-order valence-electron chi connectivity index (χ1n) is 9.68. The first kappa shape index (κ1) is 22.0. The van der Waals surface area contributed by atoms with E-state index in [1.54, 1.807) is 38.1 Å². The van der Waals surface area contributed by atoms with Gasteiger partial charge in [-0.25, -0.2) is 0 Å². The van der Waals surface area contributed by atoms with Gasteiger partial charge in [0.2, 0.25) is 0 Å². The van der Waals surface area contributed by atoms with Crippen LogP contribution in [-0.4, -0.2) is 23.7 Å². The molecular weight excluding hydrogens is 332 g/mol. The fraction of sp³-hybridized carbons (Fsp3) is 0.619. The Labute approximate surface area is 156 Å². The number of carbonyl (C=O) groups excluding carboxylic acids is 1. The van der Waals surface area contributed by atoms with Crippen molar-refractivity contribution in [1.82, 2.24) is 0 Å². The minimum atomic E-state index is -1.49. The maximum absolute atomic E-state index is 12.3. The van der Waals surface area contributed by atoms with E-state index in [-0.39, 0.29) is 12.8 Å². The van der Waals surface area contributed by atoms with E-state index in [2.05, 4.69) is 6.92 Å². The van der Waals surface area contributed by atoms with Crippen LogP contribution < -0.4 is 9.47 Å². The van der Waals surface area contributed by atoms with E-state index in [9.17, 15) is 14.7 Å². The molecule has 5 nitrogen and oxygen atoms in total. The zero-order valence-electron chi connectivity index (χ0n) is 16.3. The van der Waals surface area contributed by atoms with Crippen molar-refractivity contribution < 1.29 is 24.2 Å². The summed E-state index contributed by atoms with van der Waals surface area (Å²) in [6.07, 6.45) is 7.64. The van der Waals surface area contributed by atoms with E-state index in [0.717, 1.165) is 6.42 Å². The maximum Gasteiger partial charge on any atom is 0.328 e. The minimum Gasteiger partial charge on any atom is -0.494 e. The van der Waals surface area contributed by atoms with Crippen LogP contribution in [0.1, 0.15) is 72.1 Å². The van der Waals surface area contributed by atoms with Crippen LogP contribution in [0.3, 0.4) is 0 Å². The molecular formula is C21H32O5. The molecule has 0 aromatic heterocycles. The molecule has 1 rings (SSSR count). The summed E-state index contributed by atoms with van der Waals surface area (Å²) in [5, 5.41) is 9.38. The summed E-state index contributed by atoms with van der Waals surface area (Å²) in [5.74, 6) is -0.828. The number of aliphatic carboxylic acids is 1. The average molecular weight is 364 g/mol. The Balaban J connectivity index is 2.47. The monoisotopic (exact) mass is 364 g/mol. The molecule has 0 saturated carbocycles. The van der Waals surface area contributed by atoms with Crippen molar-refractivity contribution in [2.24, 2.45) is 5.41 Å². The predicted molar refractivity (Wildman–Crippen MR) is 102 cm³/mol. The molecule has 0 aliphatic carbocycles. The highest BCUT2D eigenvalue weighted by Crippen LogP contribution is 2.30. The van der Waals surface area contributed by atoms with Gasteiger partial charge in [0, 0.05) is 0 Å². The van der Waals surface area contributed by atoms with E-state index < -0.39 is 17.4 Å². The third kappa shape index (κ3) is 6.36. The van der Waals surface area contributed by atoms with Crippen LogP contribution in [0.25, 0.3) is 0 Å². The number of esters is 1. The Bertz CT molecular complexity index is 546. The fourth-order valence-corrected chi connectivity index (χ4v) is 2.81. The zero-order chi connectivity index (χ0) is 19.4. The lowest BCUT2D eigenvalue weighted by Gasteiger charge is -2.24. The molecule has 0 aliphatic rings. The molecule has 0 spiro atoms. The van der Waals surface area contributed by atoms with Crippen molar-refractivity contribution in [3.8, 4) is 11.5 Å². The number of carboxylic acids is 1. The Morgan fingerprint density at radius 3 is 1.96 bits per heavy atom. The van der Waals surface area contributed by atoms with Gasteiger partial charge in [-0.1, -0.05) is 52.9 Å². The lowest BCUT2D eigenvalue weighted by molar-refractivity contribution is -0.163. The average Bonchev–Trinajstić information content (AvgIpc) is 2.63. The highest BCUT2D eigenvalue weighted by Gasteiger charge is 2.44. The van der Waals surface area contributed by atoms with Crippen molar-refractivity contribution in [3.05, 3.63) is 24.3 Å². The SMILES string of the molecule is CCCCCCCCOc1ccc(OC(=O)C(CC)(CC)C(=O)O)cc1. The largest absolute Gasteiger partial charge is 0.494 e. The number of ether oxygens (including phenoxy) is 2. The smallest absolute Gasteiger partial charge is 0.328 e.